The second-order valence-corrected chi connectivity index (χ2v) is 8.79. The highest BCUT2D eigenvalue weighted by Gasteiger charge is 2.29. The van der Waals surface area contributed by atoms with Crippen LogP contribution in [0.5, 0.6) is 0 Å². The summed E-state index contributed by atoms with van der Waals surface area (Å²) < 4.78 is 5.58. The number of alkyl carbamates (subject to hydrolysis) is 1. The van der Waals surface area contributed by atoms with E-state index in [2.05, 4.69) is 29.6 Å². The molecule has 3 rings (SSSR count). The third kappa shape index (κ3) is 6.35. The Morgan fingerprint density at radius 3 is 2.12 bits per heavy atom. The normalized spacial score (nSPS) is 13.2. The van der Waals surface area contributed by atoms with Crippen molar-refractivity contribution >= 4 is 18.0 Å². The third-order valence-corrected chi connectivity index (χ3v) is 6.08. The van der Waals surface area contributed by atoms with Crippen LogP contribution in [0.1, 0.15) is 36.8 Å². The second kappa shape index (κ2) is 11.7. The van der Waals surface area contributed by atoms with Crippen LogP contribution in [-0.2, 0) is 14.3 Å². The van der Waals surface area contributed by atoms with Crippen molar-refractivity contribution in [3.8, 4) is 11.1 Å². The first kappa shape index (κ1) is 25.2. The van der Waals surface area contributed by atoms with Crippen molar-refractivity contribution < 1.29 is 24.2 Å². The van der Waals surface area contributed by atoms with E-state index in [0.29, 0.717) is 19.5 Å². The monoisotopic (exact) mass is 467 g/mol. The number of carboxylic acid groups (broad SMARTS) is 1. The third-order valence-electron chi connectivity index (χ3n) is 6.08. The summed E-state index contributed by atoms with van der Waals surface area (Å²) in [7, 11) is 3.72. The zero-order valence-corrected chi connectivity index (χ0v) is 20.0. The van der Waals surface area contributed by atoms with Gasteiger partial charge in [-0.25, -0.2) is 4.79 Å². The summed E-state index contributed by atoms with van der Waals surface area (Å²) in [5.74, 6) is -1.42. The largest absolute Gasteiger partial charge is 0.480 e. The average molecular weight is 468 g/mol. The van der Waals surface area contributed by atoms with Crippen molar-refractivity contribution in [2.45, 2.75) is 31.7 Å². The van der Waals surface area contributed by atoms with Gasteiger partial charge >= 0.3 is 12.1 Å². The van der Waals surface area contributed by atoms with Crippen molar-refractivity contribution in [2.75, 3.05) is 40.3 Å². The molecule has 8 nitrogen and oxygen atoms in total. The summed E-state index contributed by atoms with van der Waals surface area (Å²) in [6.45, 7) is 2.55. The Bertz CT molecular complexity index is 978. The molecule has 2 aromatic carbocycles. The number of ether oxygens (including phenoxy) is 1. The number of fused-ring (bicyclic) bond motifs is 3. The van der Waals surface area contributed by atoms with E-state index in [1.165, 1.54) is 4.90 Å². The van der Waals surface area contributed by atoms with Gasteiger partial charge in [-0.05, 0) is 42.8 Å². The van der Waals surface area contributed by atoms with Crippen LogP contribution in [-0.4, -0.2) is 79.3 Å². The molecule has 2 aromatic rings. The van der Waals surface area contributed by atoms with Crippen molar-refractivity contribution in [2.24, 2.45) is 0 Å². The number of rotatable bonds is 11. The minimum atomic E-state index is -1.07. The number of carboxylic acids is 1. The lowest BCUT2D eigenvalue weighted by atomic mass is 9.98. The van der Waals surface area contributed by atoms with Crippen LogP contribution in [0.3, 0.4) is 0 Å². The SMILES string of the molecule is CC[C@H](CC(=O)N(CCN(C)C)CC(=O)O)NC(=O)OCC1c2ccccc2-c2ccccc21. The number of aliphatic carboxylic acids is 1. The van der Waals surface area contributed by atoms with E-state index in [0.717, 1.165) is 22.3 Å². The topological polar surface area (TPSA) is 99.2 Å². The maximum atomic E-state index is 12.7. The van der Waals surface area contributed by atoms with Gasteiger partial charge in [0.05, 0.1) is 0 Å². The van der Waals surface area contributed by atoms with Crippen LogP contribution in [0.15, 0.2) is 48.5 Å². The average Bonchev–Trinajstić information content (AvgIpc) is 3.13. The molecule has 1 aliphatic rings. The number of likely N-dealkylation sites (N-methyl/N-ethyl adjacent to an activating group) is 1. The molecule has 0 aliphatic heterocycles. The van der Waals surface area contributed by atoms with Crippen molar-refractivity contribution in [1.82, 2.24) is 15.1 Å². The smallest absolute Gasteiger partial charge is 0.407 e. The molecule has 0 spiro atoms. The number of hydrogen-bond acceptors (Lipinski definition) is 5. The first-order valence-electron chi connectivity index (χ1n) is 11.6. The van der Waals surface area contributed by atoms with Gasteiger partial charge < -0.3 is 25.0 Å². The molecule has 8 heteroatoms. The maximum absolute atomic E-state index is 12.7. The zero-order chi connectivity index (χ0) is 24.7. The standard InChI is InChI=1S/C26H33N3O5/c1-4-18(15-24(30)29(16-25(31)32)14-13-28(2)3)27-26(33)34-17-23-21-11-7-5-9-19(21)20-10-6-8-12-22(20)23/h5-12,18,23H,4,13-17H2,1-3H3,(H,27,33)(H,31,32)/t18-/m1/s1. The lowest BCUT2D eigenvalue weighted by Crippen LogP contribution is -2.44. The van der Waals surface area contributed by atoms with Crippen LogP contribution in [0.25, 0.3) is 11.1 Å². The Hall–Kier alpha value is -3.39. The van der Waals surface area contributed by atoms with E-state index < -0.39 is 18.1 Å². The molecular formula is C26H33N3O5. The maximum Gasteiger partial charge on any atom is 0.407 e. The van der Waals surface area contributed by atoms with Crippen LogP contribution in [0.2, 0.25) is 0 Å². The lowest BCUT2D eigenvalue weighted by molar-refractivity contribution is -0.144. The Labute approximate surface area is 200 Å². The Balaban J connectivity index is 1.58. The molecule has 34 heavy (non-hydrogen) atoms. The molecule has 2 amide bonds. The summed E-state index contributed by atoms with van der Waals surface area (Å²) in [6, 6.07) is 15.8. The fourth-order valence-electron chi connectivity index (χ4n) is 4.22. The number of amides is 2. The number of carbonyl (C=O) groups is 3. The molecule has 0 unspecified atom stereocenters. The van der Waals surface area contributed by atoms with E-state index in [1.54, 1.807) is 0 Å². The van der Waals surface area contributed by atoms with E-state index in [4.69, 9.17) is 9.84 Å². The van der Waals surface area contributed by atoms with Gasteiger partial charge in [0, 0.05) is 31.5 Å². The number of carbonyl (C=O) groups excluding carboxylic acids is 2. The van der Waals surface area contributed by atoms with Crippen molar-refractivity contribution in [3.05, 3.63) is 59.7 Å². The second-order valence-electron chi connectivity index (χ2n) is 8.79. The highest BCUT2D eigenvalue weighted by atomic mass is 16.5. The molecule has 0 fully saturated rings. The highest BCUT2D eigenvalue weighted by Crippen LogP contribution is 2.44. The van der Waals surface area contributed by atoms with E-state index in [-0.39, 0.29) is 31.4 Å². The van der Waals surface area contributed by atoms with Gasteiger partial charge in [-0.15, -0.1) is 0 Å². The molecule has 1 aliphatic carbocycles. The van der Waals surface area contributed by atoms with Gasteiger partial charge in [0.2, 0.25) is 5.91 Å². The van der Waals surface area contributed by atoms with Gasteiger partial charge in [0.1, 0.15) is 13.2 Å². The summed E-state index contributed by atoms with van der Waals surface area (Å²) in [5.41, 5.74) is 4.56. The summed E-state index contributed by atoms with van der Waals surface area (Å²) in [6.07, 6.45) is -0.0501. The van der Waals surface area contributed by atoms with Gasteiger partial charge in [0.25, 0.3) is 0 Å². The fraction of sp³-hybridized carbons (Fsp3) is 0.423. The van der Waals surface area contributed by atoms with Crippen LogP contribution >= 0.6 is 0 Å². The zero-order valence-electron chi connectivity index (χ0n) is 20.0. The Morgan fingerprint density at radius 2 is 1.59 bits per heavy atom. The van der Waals surface area contributed by atoms with Crippen molar-refractivity contribution in [1.29, 1.82) is 0 Å². The van der Waals surface area contributed by atoms with Crippen molar-refractivity contribution in [3.63, 3.8) is 0 Å². The molecule has 0 aromatic heterocycles. The van der Waals surface area contributed by atoms with Crippen LogP contribution < -0.4 is 5.32 Å². The first-order chi connectivity index (χ1) is 16.3. The van der Waals surface area contributed by atoms with E-state index in [9.17, 15) is 14.4 Å². The van der Waals surface area contributed by atoms with Gasteiger partial charge in [0.15, 0.2) is 0 Å². The lowest BCUT2D eigenvalue weighted by Gasteiger charge is -2.25. The Kier molecular flexibility index (Phi) is 8.65. The Morgan fingerprint density at radius 1 is 1.00 bits per heavy atom. The molecule has 0 bridgehead atoms. The van der Waals surface area contributed by atoms with Crippen LogP contribution in [0.4, 0.5) is 4.79 Å². The van der Waals surface area contributed by atoms with Gasteiger partial charge in [-0.2, -0.15) is 0 Å². The summed E-state index contributed by atoms with van der Waals surface area (Å²) in [5, 5.41) is 11.9. The van der Waals surface area contributed by atoms with Crippen LogP contribution in [0, 0.1) is 0 Å². The molecule has 0 saturated heterocycles. The number of nitrogens with one attached hydrogen (secondary N) is 1. The predicted octanol–water partition coefficient (Wildman–Crippen LogP) is 3.17. The molecule has 2 N–H and O–H groups in total. The minimum absolute atomic E-state index is 0.0153. The minimum Gasteiger partial charge on any atom is -0.480 e. The highest BCUT2D eigenvalue weighted by molar-refractivity contribution is 5.82. The molecule has 0 heterocycles. The molecule has 1 atom stereocenters. The van der Waals surface area contributed by atoms with E-state index in [1.807, 2.05) is 50.2 Å². The first-order valence-corrected chi connectivity index (χ1v) is 11.6. The molecule has 182 valence electrons. The molecular weight excluding hydrogens is 434 g/mol. The predicted molar refractivity (Wildman–Crippen MR) is 130 cm³/mol. The number of hydrogen-bond donors (Lipinski definition) is 2. The van der Waals surface area contributed by atoms with Gasteiger partial charge in [-0.3, -0.25) is 9.59 Å². The molecule has 0 radical (unpaired) electrons. The number of benzene rings is 2. The van der Waals surface area contributed by atoms with Gasteiger partial charge in [-0.1, -0.05) is 55.5 Å². The number of nitrogens with zero attached hydrogens (tertiary/aromatic N) is 2. The molecule has 0 saturated carbocycles. The fourth-order valence-corrected chi connectivity index (χ4v) is 4.22. The quantitative estimate of drug-likeness (QED) is 0.527. The summed E-state index contributed by atoms with van der Waals surface area (Å²) in [4.78, 5) is 39.7. The summed E-state index contributed by atoms with van der Waals surface area (Å²) >= 11 is 0. The van der Waals surface area contributed by atoms with E-state index >= 15 is 0 Å².